The van der Waals surface area contributed by atoms with Crippen LogP contribution in [0.5, 0.6) is 0 Å². The highest BCUT2D eigenvalue weighted by Crippen LogP contribution is 2.37. The van der Waals surface area contributed by atoms with E-state index in [1.165, 1.54) is 6.42 Å². The van der Waals surface area contributed by atoms with E-state index in [-0.39, 0.29) is 18.1 Å². The van der Waals surface area contributed by atoms with Crippen LogP contribution >= 0.6 is 11.6 Å². The number of benzene rings is 1. The zero-order valence-electron chi connectivity index (χ0n) is 13.0. The van der Waals surface area contributed by atoms with E-state index in [0.717, 1.165) is 18.4 Å². The SMILES string of the molecule is C[C@H](C[S@](C)=O)NC(=O)N[C@H](c1ccc(Cl)cc1)C1CCC1. The fourth-order valence-electron chi connectivity index (χ4n) is 2.72. The molecule has 2 rings (SSSR count). The lowest BCUT2D eigenvalue weighted by atomic mass is 9.77. The summed E-state index contributed by atoms with van der Waals surface area (Å²) in [5.41, 5.74) is 1.08. The van der Waals surface area contributed by atoms with Gasteiger partial charge in [0, 0.05) is 33.9 Å². The van der Waals surface area contributed by atoms with E-state index in [0.29, 0.717) is 16.7 Å². The molecular formula is C16H23ClN2O2S. The maximum absolute atomic E-state index is 12.2. The minimum atomic E-state index is -0.920. The lowest BCUT2D eigenvalue weighted by Gasteiger charge is -2.35. The molecule has 0 spiro atoms. The van der Waals surface area contributed by atoms with E-state index in [1.807, 2.05) is 31.2 Å². The van der Waals surface area contributed by atoms with Crippen LogP contribution in [0.4, 0.5) is 4.79 Å². The molecule has 1 aliphatic carbocycles. The Morgan fingerprint density at radius 3 is 2.45 bits per heavy atom. The first-order valence-corrected chi connectivity index (χ1v) is 9.68. The summed E-state index contributed by atoms with van der Waals surface area (Å²) in [6, 6.07) is 7.33. The third-order valence-electron chi connectivity index (χ3n) is 4.00. The van der Waals surface area contributed by atoms with E-state index >= 15 is 0 Å². The molecule has 0 aliphatic heterocycles. The van der Waals surface area contributed by atoms with Gasteiger partial charge in [-0.1, -0.05) is 30.2 Å². The quantitative estimate of drug-likeness (QED) is 0.833. The van der Waals surface area contributed by atoms with Gasteiger partial charge in [0.1, 0.15) is 0 Å². The maximum atomic E-state index is 12.2. The van der Waals surface area contributed by atoms with Crippen molar-refractivity contribution in [1.29, 1.82) is 0 Å². The first-order valence-electron chi connectivity index (χ1n) is 7.58. The van der Waals surface area contributed by atoms with Crippen molar-refractivity contribution in [2.45, 2.75) is 38.3 Å². The first-order chi connectivity index (χ1) is 10.5. The number of amides is 2. The van der Waals surface area contributed by atoms with Crippen LogP contribution in [0, 0.1) is 5.92 Å². The standard InChI is InChI=1S/C16H23ClN2O2S/c1-11(10-22(2)21)18-16(20)19-15(12-4-3-5-12)13-6-8-14(17)9-7-13/h6-9,11-12,15H,3-5,10H2,1-2H3,(H2,18,19,20)/t11-,15+,22+/m1/s1. The number of urea groups is 1. The van der Waals surface area contributed by atoms with Crippen LogP contribution in [0.15, 0.2) is 24.3 Å². The highest BCUT2D eigenvalue weighted by molar-refractivity contribution is 7.84. The lowest BCUT2D eigenvalue weighted by molar-refractivity contribution is 0.206. The Morgan fingerprint density at radius 1 is 1.32 bits per heavy atom. The number of rotatable bonds is 6. The largest absolute Gasteiger partial charge is 0.335 e. The van der Waals surface area contributed by atoms with Gasteiger partial charge < -0.3 is 10.6 Å². The molecule has 1 aromatic carbocycles. The zero-order valence-corrected chi connectivity index (χ0v) is 14.5. The van der Waals surface area contributed by atoms with Gasteiger partial charge in [-0.25, -0.2) is 4.79 Å². The van der Waals surface area contributed by atoms with Gasteiger partial charge in [-0.05, 0) is 43.4 Å². The molecule has 1 aliphatic rings. The van der Waals surface area contributed by atoms with Gasteiger partial charge in [0.25, 0.3) is 0 Å². The summed E-state index contributed by atoms with van der Waals surface area (Å²) in [4.78, 5) is 12.2. The Balaban J connectivity index is 1.99. The molecule has 1 fully saturated rings. The second-order valence-corrected chi connectivity index (χ2v) is 7.90. The van der Waals surface area contributed by atoms with Crippen molar-refractivity contribution >= 4 is 28.4 Å². The van der Waals surface area contributed by atoms with Crippen LogP contribution in [0.1, 0.15) is 37.8 Å². The van der Waals surface area contributed by atoms with Gasteiger partial charge in [-0.3, -0.25) is 4.21 Å². The third kappa shape index (κ3) is 4.99. The predicted octanol–water partition coefficient (Wildman–Crippen LogP) is 3.25. The van der Waals surface area contributed by atoms with Crippen molar-refractivity contribution < 1.29 is 9.00 Å². The second kappa shape index (κ2) is 7.97. The molecule has 122 valence electrons. The molecule has 1 saturated carbocycles. The summed E-state index contributed by atoms with van der Waals surface area (Å²) in [6.07, 6.45) is 5.11. The Bertz CT molecular complexity index is 531. The normalized spacial score (nSPS) is 18.9. The predicted molar refractivity (Wildman–Crippen MR) is 91.6 cm³/mol. The topological polar surface area (TPSA) is 58.2 Å². The number of carbonyl (C=O) groups is 1. The summed E-state index contributed by atoms with van der Waals surface area (Å²) in [5, 5.41) is 6.62. The molecule has 0 bridgehead atoms. The average Bonchev–Trinajstić information content (AvgIpc) is 2.35. The molecule has 22 heavy (non-hydrogen) atoms. The summed E-state index contributed by atoms with van der Waals surface area (Å²) in [7, 11) is -0.920. The van der Waals surface area contributed by atoms with Gasteiger partial charge in [0.05, 0.1) is 6.04 Å². The fraction of sp³-hybridized carbons (Fsp3) is 0.562. The second-order valence-electron chi connectivity index (χ2n) is 5.98. The van der Waals surface area contributed by atoms with Crippen LogP contribution < -0.4 is 10.6 Å². The van der Waals surface area contributed by atoms with Crippen molar-refractivity contribution in [3.8, 4) is 0 Å². The van der Waals surface area contributed by atoms with Crippen LogP contribution in [-0.4, -0.2) is 28.3 Å². The van der Waals surface area contributed by atoms with E-state index in [1.54, 1.807) is 6.26 Å². The van der Waals surface area contributed by atoms with E-state index in [2.05, 4.69) is 10.6 Å². The number of nitrogens with one attached hydrogen (secondary N) is 2. The molecular weight excluding hydrogens is 320 g/mol. The average molecular weight is 343 g/mol. The van der Waals surface area contributed by atoms with Crippen molar-refractivity contribution in [3.05, 3.63) is 34.9 Å². The van der Waals surface area contributed by atoms with Crippen LogP contribution in [0.2, 0.25) is 5.02 Å². The van der Waals surface area contributed by atoms with Gasteiger partial charge in [0.15, 0.2) is 0 Å². The molecule has 0 radical (unpaired) electrons. The maximum Gasteiger partial charge on any atom is 0.315 e. The number of halogens is 1. The molecule has 0 saturated heterocycles. The Morgan fingerprint density at radius 2 is 1.95 bits per heavy atom. The lowest BCUT2D eigenvalue weighted by Crippen LogP contribution is -2.46. The summed E-state index contributed by atoms with van der Waals surface area (Å²) in [5.74, 6) is 0.935. The fourth-order valence-corrected chi connectivity index (χ4v) is 3.63. The van der Waals surface area contributed by atoms with E-state index in [4.69, 9.17) is 11.6 Å². The van der Waals surface area contributed by atoms with Gasteiger partial charge in [0.2, 0.25) is 0 Å². The molecule has 2 amide bonds. The molecule has 3 atom stereocenters. The first kappa shape index (κ1) is 17.3. The van der Waals surface area contributed by atoms with Crippen molar-refractivity contribution in [2.75, 3.05) is 12.0 Å². The summed E-state index contributed by atoms with van der Waals surface area (Å²) >= 11 is 5.94. The van der Waals surface area contributed by atoms with Crippen LogP contribution in [-0.2, 0) is 10.8 Å². The Hall–Kier alpha value is -1.07. The monoisotopic (exact) mass is 342 g/mol. The molecule has 4 nitrogen and oxygen atoms in total. The molecule has 0 aromatic heterocycles. The molecule has 6 heteroatoms. The molecule has 0 unspecified atom stereocenters. The number of hydrogen-bond acceptors (Lipinski definition) is 2. The molecule has 1 aromatic rings. The van der Waals surface area contributed by atoms with Crippen molar-refractivity contribution in [3.63, 3.8) is 0 Å². The number of hydrogen-bond donors (Lipinski definition) is 2. The van der Waals surface area contributed by atoms with Gasteiger partial charge >= 0.3 is 6.03 Å². The van der Waals surface area contributed by atoms with Gasteiger partial charge in [-0.2, -0.15) is 0 Å². The third-order valence-corrected chi connectivity index (χ3v) is 5.22. The summed E-state index contributed by atoms with van der Waals surface area (Å²) < 4.78 is 11.2. The Kier molecular flexibility index (Phi) is 6.26. The van der Waals surface area contributed by atoms with Crippen LogP contribution in [0.25, 0.3) is 0 Å². The summed E-state index contributed by atoms with van der Waals surface area (Å²) in [6.45, 7) is 1.86. The highest BCUT2D eigenvalue weighted by Gasteiger charge is 2.30. The van der Waals surface area contributed by atoms with E-state index in [9.17, 15) is 9.00 Å². The highest BCUT2D eigenvalue weighted by atomic mass is 35.5. The van der Waals surface area contributed by atoms with Crippen LogP contribution in [0.3, 0.4) is 0 Å². The van der Waals surface area contributed by atoms with Gasteiger partial charge in [-0.15, -0.1) is 0 Å². The zero-order chi connectivity index (χ0) is 16.1. The molecule has 2 N–H and O–H groups in total. The van der Waals surface area contributed by atoms with Crippen molar-refractivity contribution in [2.24, 2.45) is 5.92 Å². The minimum absolute atomic E-state index is 0.00495. The Labute approximate surface area is 139 Å². The van der Waals surface area contributed by atoms with Crippen molar-refractivity contribution in [1.82, 2.24) is 10.6 Å². The smallest absolute Gasteiger partial charge is 0.315 e. The van der Waals surface area contributed by atoms with E-state index < -0.39 is 10.8 Å². The number of carbonyl (C=O) groups excluding carboxylic acids is 1. The minimum Gasteiger partial charge on any atom is -0.335 e. The molecule has 0 heterocycles.